The summed E-state index contributed by atoms with van der Waals surface area (Å²) in [6.45, 7) is 6.98. The van der Waals surface area contributed by atoms with Crippen LogP contribution >= 0.6 is 11.3 Å². The van der Waals surface area contributed by atoms with Crippen molar-refractivity contribution >= 4 is 38.6 Å². The predicted molar refractivity (Wildman–Crippen MR) is 111 cm³/mol. The van der Waals surface area contributed by atoms with Crippen LogP contribution in [-0.2, 0) is 14.3 Å². The summed E-state index contributed by atoms with van der Waals surface area (Å²) < 4.78 is 12.0. The summed E-state index contributed by atoms with van der Waals surface area (Å²) in [6.07, 6.45) is 3.09. The normalized spacial score (nSPS) is 22.0. The van der Waals surface area contributed by atoms with Crippen molar-refractivity contribution in [2.75, 3.05) is 11.9 Å². The minimum atomic E-state index is -0.299. The van der Waals surface area contributed by atoms with Gasteiger partial charge in [-0.25, -0.2) is 4.98 Å². The molecular formula is C21H28N2O4S. The summed E-state index contributed by atoms with van der Waals surface area (Å²) in [6, 6.07) is 5.64. The van der Waals surface area contributed by atoms with E-state index >= 15 is 0 Å². The van der Waals surface area contributed by atoms with Crippen molar-refractivity contribution < 1.29 is 19.1 Å². The van der Waals surface area contributed by atoms with E-state index in [4.69, 9.17) is 9.47 Å². The number of hydrogen-bond acceptors (Lipinski definition) is 6. The Morgan fingerprint density at radius 1 is 1.21 bits per heavy atom. The Kier molecular flexibility index (Phi) is 6.88. The first-order valence-corrected chi connectivity index (χ1v) is 10.8. The molecule has 1 saturated carbocycles. The van der Waals surface area contributed by atoms with Gasteiger partial charge in [0.25, 0.3) is 0 Å². The van der Waals surface area contributed by atoms with Gasteiger partial charge in [0.1, 0.15) is 11.9 Å². The van der Waals surface area contributed by atoms with Crippen molar-refractivity contribution in [3.8, 4) is 5.75 Å². The molecule has 0 unspecified atom stereocenters. The van der Waals surface area contributed by atoms with E-state index in [2.05, 4.69) is 24.1 Å². The molecule has 0 spiro atoms. The van der Waals surface area contributed by atoms with Crippen molar-refractivity contribution in [3.63, 3.8) is 0 Å². The van der Waals surface area contributed by atoms with Gasteiger partial charge >= 0.3 is 5.97 Å². The van der Waals surface area contributed by atoms with Gasteiger partial charge < -0.3 is 14.8 Å². The molecule has 0 saturated heterocycles. The van der Waals surface area contributed by atoms with Crippen LogP contribution in [0.4, 0.5) is 5.13 Å². The average Bonchev–Trinajstić information content (AvgIpc) is 3.05. The summed E-state index contributed by atoms with van der Waals surface area (Å²) >= 11 is 1.39. The van der Waals surface area contributed by atoms with Crippen LogP contribution in [0.1, 0.15) is 52.9 Å². The van der Waals surface area contributed by atoms with Gasteiger partial charge in [-0.15, -0.1) is 0 Å². The average molecular weight is 405 g/mol. The van der Waals surface area contributed by atoms with Gasteiger partial charge in [0.05, 0.1) is 23.2 Å². The maximum Gasteiger partial charge on any atom is 0.306 e. The van der Waals surface area contributed by atoms with E-state index in [-0.39, 0.29) is 30.8 Å². The van der Waals surface area contributed by atoms with Gasteiger partial charge in [0.15, 0.2) is 5.13 Å². The zero-order valence-electron chi connectivity index (χ0n) is 16.7. The minimum absolute atomic E-state index is 0.00874. The first-order chi connectivity index (χ1) is 13.4. The zero-order chi connectivity index (χ0) is 20.1. The number of aromatic nitrogens is 1. The molecule has 7 heteroatoms. The number of ether oxygens (including phenoxy) is 2. The third-order valence-corrected chi connectivity index (χ3v) is 6.26. The minimum Gasteiger partial charge on any atom is -0.494 e. The zero-order valence-corrected chi connectivity index (χ0v) is 17.5. The molecule has 0 radical (unpaired) electrons. The molecule has 1 fully saturated rings. The van der Waals surface area contributed by atoms with Gasteiger partial charge in [-0.1, -0.05) is 25.2 Å². The summed E-state index contributed by atoms with van der Waals surface area (Å²) in [4.78, 5) is 28.6. The number of anilines is 1. The smallest absolute Gasteiger partial charge is 0.306 e. The molecule has 1 N–H and O–H groups in total. The van der Waals surface area contributed by atoms with Crippen LogP contribution in [0.3, 0.4) is 0 Å². The maximum atomic E-state index is 12.2. The molecule has 28 heavy (non-hydrogen) atoms. The summed E-state index contributed by atoms with van der Waals surface area (Å²) in [7, 11) is 0. The molecule has 2 aromatic rings. The number of thiazole rings is 1. The first-order valence-electron chi connectivity index (χ1n) is 9.97. The van der Waals surface area contributed by atoms with Gasteiger partial charge in [0.2, 0.25) is 5.91 Å². The largest absolute Gasteiger partial charge is 0.494 e. The second-order valence-corrected chi connectivity index (χ2v) is 8.54. The lowest BCUT2D eigenvalue weighted by atomic mass is 9.80. The fourth-order valence-corrected chi connectivity index (χ4v) is 4.37. The number of benzene rings is 1. The number of carbonyl (C=O) groups excluding carboxylic acids is 2. The topological polar surface area (TPSA) is 77.5 Å². The van der Waals surface area contributed by atoms with Crippen LogP contribution in [-0.4, -0.2) is 29.6 Å². The molecule has 1 amide bonds. The Balaban J connectivity index is 1.46. The molecule has 0 aliphatic heterocycles. The van der Waals surface area contributed by atoms with Crippen molar-refractivity contribution in [1.82, 2.24) is 4.98 Å². The number of nitrogens with one attached hydrogen (secondary N) is 1. The van der Waals surface area contributed by atoms with E-state index in [1.54, 1.807) is 0 Å². The fraction of sp³-hybridized carbons (Fsp3) is 0.571. The lowest BCUT2D eigenvalue weighted by Gasteiger charge is -2.31. The number of nitrogens with zero attached hydrogens (tertiary/aromatic N) is 1. The van der Waals surface area contributed by atoms with Gasteiger partial charge in [0, 0.05) is 6.42 Å². The SMILES string of the molecule is CCOc1ccc2nc(NC(=O)CCC(=O)O[C@H]3CC[C@H](C)[C@H](C)C3)sc2c1. The lowest BCUT2D eigenvalue weighted by molar-refractivity contribution is -0.152. The number of fused-ring (bicyclic) bond motifs is 1. The molecule has 6 nitrogen and oxygen atoms in total. The van der Waals surface area contributed by atoms with Gasteiger partial charge in [-0.3, -0.25) is 9.59 Å². The number of hydrogen-bond donors (Lipinski definition) is 1. The van der Waals surface area contributed by atoms with Crippen molar-refractivity contribution in [2.45, 2.75) is 59.0 Å². The monoisotopic (exact) mass is 404 g/mol. The van der Waals surface area contributed by atoms with E-state index in [1.165, 1.54) is 11.3 Å². The highest BCUT2D eigenvalue weighted by Gasteiger charge is 2.27. The number of rotatable bonds is 7. The number of carbonyl (C=O) groups is 2. The van der Waals surface area contributed by atoms with Crippen LogP contribution in [0, 0.1) is 11.8 Å². The Morgan fingerprint density at radius 2 is 2.04 bits per heavy atom. The van der Waals surface area contributed by atoms with Crippen LogP contribution in [0.5, 0.6) is 5.75 Å². The van der Waals surface area contributed by atoms with E-state index in [1.807, 2.05) is 25.1 Å². The number of amides is 1. The lowest BCUT2D eigenvalue weighted by Crippen LogP contribution is -2.29. The standard InChI is InChI=1S/C21H28N2O4S/c1-4-26-15-7-8-17-18(12-15)28-21(22-17)23-19(24)9-10-20(25)27-16-6-5-13(2)14(3)11-16/h7-8,12-14,16H,4-6,9-11H2,1-3H3,(H,22,23,24)/t13-,14+,16-/m0/s1. The predicted octanol–water partition coefficient (Wildman–Crippen LogP) is 4.78. The molecule has 152 valence electrons. The van der Waals surface area contributed by atoms with Gasteiger partial charge in [-0.2, -0.15) is 0 Å². The fourth-order valence-electron chi connectivity index (χ4n) is 3.46. The maximum absolute atomic E-state index is 12.2. The third kappa shape index (κ3) is 5.44. The molecule has 1 aromatic heterocycles. The van der Waals surface area contributed by atoms with Crippen molar-refractivity contribution in [1.29, 1.82) is 0 Å². The summed E-state index contributed by atoms with van der Waals surface area (Å²) in [5, 5.41) is 3.30. The molecule has 1 heterocycles. The Morgan fingerprint density at radius 3 is 2.79 bits per heavy atom. The Bertz CT molecular complexity index is 835. The second-order valence-electron chi connectivity index (χ2n) is 7.51. The highest BCUT2D eigenvalue weighted by Crippen LogP contribution is 2.31. The third-order valence-electron chi connectivity index (χ3n) is 5.32. The van der Waals surface area contributed by atoms with E-state index < -0.39 is 0 Å². The Hall–Kier alpha value is -2.15. The molecule has 0 bridgehead atoms. The summed E-state index contributed by atoms with van der Waals surface area (Å²) in [5.74, 6) is 1.50. The van der Waals surface area contributed by atoms with Crippen LogP contribution in [0.2, 0.25) is 0 Å². The van der Waals surface area contributed by atoms with Crippen molar-refractivity contribution in [3.05, 3.63) is 18.2 Å². The highest BCUT2D eigenvalue weighted by molar-refractivity contribution is 7.22. The van der Waals surface area contributed by atoms with Crippen molar-refractivity contribution in [2.24, 2.45) is 11.8 Å². The Labute approximate surface area is 169 Å². The molecule has 1 aliphatic rings. The van der Waals surface area contributed by atoms with E-state index in [9.17, 15) is 9.59 Å². The first kappa shape index (κ1) is 20.6. The number of esters is 1. The molecule has 3 atom stereocenters. The van der Waals surface area contributed by atoms with Crippen LogP contribution in [0.25, 0.3) is 10.2 Å². The molecule has 1 aromatic carbocycles. The molecule has 3 rings (SSSR count). The van der Waals surface area contributed by atoms with Gasteiger partial charge in [-0.05, 0) is 56.2 Å². The quantitative estimate of drug-likeness (QED) is 0.672. The highest BCUT2D eigenvalue weighted by atomic mass is 32.1. The second kappa shape index (κ2) is 9.37. The van der Waals surface area contributed by atoms with E-state index in [0.29, 0.717) is 23.6 Å². The van der Waals surface area contributed by atoms with Crippen LogP contribution < -0.4 is 10.1 Å². The van der Waals surface area contributed by atoms with E-state index in [0.717, 1.165) is 35.2 Å². The summed E-state index contributed by atoms with van der Waals surface area (Å²) in [5.41, 5.74) is 0.809. The molecule has 1 aliphatic carbocycles. The molecular weight excluding hydrogens is 376 g/mol. The van der Waals surface area contributed by atoms with Crippen LogP contribution in [0.15, 0.2) is 18.2 Å².